The van der Waals surface area contributed by atoms with Gasteiger partial charge in [-0.3, -0.25) is 4.79 Å². The van der Waals surface area contributed by atoms with Crippen LogP contribution in [-0.4, -0.2) is 39.8 Å². The molecule has 1 atom stereocenters. The molecule has 31 heavy (non-hydrogen) atoms. The van der Waals surface area contributed by atoms with E-state index in [4.69, 9.17) is 0 Å². The molecular formula is C22H24N4O3S2. The zero-order valence-corrected chi connectivity index (χ0v) is 19.1. The Morgan fingerprint density at radius 2 is 1.81 bits per heavy atom. The van der Waals surface area contributed by atoms with Gasteiger partial charge in [-0.15, -0.1) is 10.2 Å². The predicted octanol–water partition coefficient (Wildman–Crippen LogP) is 3.84. The number of rotatable bonds is 7. The molecule has 0 N–H and O–H groups in total. The zero-order valence-electron chi connectivity index (χ0n) is 17.4. The van der Waals surface area contributed by atoms with Crippen molar-refractivity contribution in [2.24, 2.45) is 7.05 Å². The lowest BCUT2D eigenvalue weighted by atomic mass is 10.2. The minimum absolute atomic E-state index is 0.0948. The third kappa shape index (κ3) is 4.44. The molecule has 0 amide bonds. The van der Waals surface area contributed by atoms with E-state index in [1.54, 1.807) is 23.9 Å². The number of benzene rings is 2. The zero-order chi connectivity index (χ0) is 22.0. The Bertz CT molecular complexity index is 1180. The van der Waals surface area contributed by atoms with E-state index in [1.165, 1.54) is 28.9 Å². The summed E-state index contributed by atoms with van der Waals surface area (Å²) in [4.78, 5) is 11.7. The molecule has 0 unspecified atom stereocenters. The molecule has 1 saturated heterocycles. The van der Waals surface area contributed by atoms with Crippen LogP contribution in [0.1, 0.15) is 47.6 Å². The highest BCUT2D eigenvalue weighted by Gasteiger charge is 2.39. The SMILES string of the molecule is CC(=O)c1ccc(S(=O)(=O)N2CCC[C@@H]2c2nnc(SCc3ccccc3)n2C)cc1. The Balaban J connectivity index is 1.55. The maximum Gasteiger partial charge on any atom is 0.243 e. The van der Waals surface area contributed by atoms with Crippen molar-refractivity contribution in [1.29, 1.82) is 0 Å². The van der Waals surface area contributed by atoms with Crippen molar-refractivity contribution in [3.8, 4) is 0 Å². The number of sulfonamides is 1. The second-order valence-corrected chi connectivity index (χ2v) is 10.4. The number of hydrogen-bond donors (Lipinski definition) is 0. The second-order valence-electron chi connectivity index (χ2n) is 7.53. The van der Waals surface area contributed by atoms with Crippen molar-refractivity contribution in [2.75, 3.05) is 6.54 Å². The van der Waals surface area contributed by atoms with Crippen LogP contribution in [0.15, 0.2) is 64.6 Å². The van der Waals surface area contributed by atoms with Crippen LogP contribution in [0.25, 0.3) is 0 Å². The molecule has 2 aromatic carbocycles. The summed E-state index contributed by atoms with van der Waals surface area (Å²) in [6.45, 7) is 1.89. The maximum absolute atomic E-state index is 13.3. The molecule has 162 valence electrons. The first kappa shape index (κ1) is 21.7. The van der Waals surface area contributed by atoms with Gasteiger partial charge in [0.1, 0.15) is 0 Å². The number of Topliss-reactive ketones (excluding diaryl/α,β-unsaturated/α-hetero) is 1. The lowest BCUT2D eigenvalue weighted by molar-refractivity contribution is 0.101. The fraction of sp³-hybridized carbons (Fsp3) is 0.318. The molecule has 3 aromatic rings. The van der Waals surface area contributed by atoms with E-state index in [0.29, 0.717) is 24.4 Å². The van der Waals surface area contributed by atoms with E-state index in [2.05, 4.69) is 22.3 Å². The van der Waals surface area contributed by atoms with Gasteiger partial charge in [0.05, 0.1) is 10.9 Å². The molecule has 1 aromatic heterocycles. The van der Waals surface area contributed by atoms with E-state index in [1.807, 2.05) is 29.8 Å². The molecule has 1 aliphatic heterocycles. The fourth-order valence-electron chi connectivity index (χ4n) is 3.75. The van der Waals surface area contributed by atoms with Crippen LogP contribution >= 0.6 is 11.8 Å². The number of hydrogen-bond acceptors (Lipinski definition) is 6. The Morgan fingerprint density at radius 1 is 1.10 bits per heavy atom. The van der Waals surface area contributed by atoms with Gasteiger partial charge in [0.15, 0.2) is 16.8 Å². The van der Waals surface area contributed by atoms with Crippen LogP contribution in [0, 0.1) is 0 Å². The van der Waals surface area contributed by atoms with Crippen molar-refractivity contribution < 1.29 is 13.2 Å². The molecule has 0 aliphatic carbocycles. The van der Waals surface area contributed by atoms with Crippen LogP contribution in [-0.2, 0) is 22.8 Å². The third-order valence-electron chi connectivity index (χ3n) is 5.45. The molecule has 0 saturated carbocycles. The van der Waals surface area contributed by atoms with Crippen LogP contribution in [0.4, 0.5) is 0 Å². The van der Waals surface area contributed by atoms with Crippen LogP contribution in [0.3, 0.4) is 0 Å². The Labute approximate surface area is 186 Å². The molecule has 1 fully saturated rings. The van der Waals surface area contributed by atoms with E-state index in [0.717, 1.165) is 17.3 Å². The van der Waals surface area contributed by atoms with Crippen LogP contribution < -0.4 is 0 Å². The Morgan fingerprint density at radius 3 is 2.48 bits per heavy atom. The summed E-state index contributed by atoms with van der Waals surface area (Å²) in [5.74, 6) is 1.32. The Kier molecular flexibility index (Phi) is 6.27. The number of nitrogens with zero attached hydrogens (tertiary/aromatic N) is 4. The summed E-state index contributed by atoms with van der Waals surface area (Å²) < 4.78 is 30.0. The average molecular weight is 457 g/mol. The van der Waals surface area contributed by atoms with E-state index >= 15 is 0 Å². The summed E-state index contributed by atoms with van der Waals surface area (Å²) in [7, 11) is -1.82. The fourth-order valence-corrected chi connectivity index (χ4v) is 6.28. The van der Waals surface area contributed by atoms with Crippen molar-refractivity contribution >= 4 is 27.6 Å². The minimum atomic E-state index is -3.71. The van der Waals surface area contributed by atoms with Crippen molar-refractivity contribution in [2.45, 2.75) is 41.6 Å². The third-order valence-corrected chi connectivity index (χ3v) is 8.46. The van der Waals surface area contributed by atoms with Gasteiger partial charge in [0.25, 0.3) is 0 Å². The van der Waals surface area contributed by atoms with Crippen molar-refractivity contribution in [1.82, 2.24) is 19.1 Å². The largest absolute Gasteiger partial charge is 0.308 e. The number of ketones is 1. The molecule has 0 spiro atoms. The van der Waals surface area contributed by atoms with Crippen molar-refractivity contribution in [3.63, 3.8) is 0 Å². The smallest absolute Gasteiger partial charge is 0.243 e. The van der Waals surface area contributed by atoms with Crippen LogP contribution in [0.2, 0.25) is 0 Å². The summed E-state index contributed by atoms with van der Waals surface area (Å²) in [5.41, 5.74) is 1.68. The predicted molar refractivity (Wildman–Crippen MR) is 119 cm³/mol. The van der Waals surface area contributed by atoms with E-state index < -0.39 is 10.0 Å². The number of carbonyl (C=O) groups excluding carboxylic acids is 1. The standard InChI is InChI=1S/C22H24N4O3S2/c1-16(27)18-10-12-19(13-11-18)31(28,29)26-14-6-9-20(26)21-23-24-22(25(21)2)30-15-17-7-4-3-5-8-17/h3-5,7-8,10-13,20H,6,9,14-15H2,1-2H3/t20-/m1/s1. The summed E-state index contributed by atoms with van der Waals surface area (Å²) >= 11 is 1.58. The Hall–Kier alpha value is -2.49. The molecule has 0 bridgehead atoms. The highest BCUT2D eigenvalue weighted by molar-refractivity contribution is 7.98. The molecule has 0 radical (unpaired) electrons. The molecule has 9 heteroatoms. The molecule has 7 nitrogen and oxygen atoms in total. The van der Waals surface area contributed by atoms with E-state index in [9.17, 15) is 13.2 Å². The summed E-state index contributed by atoms with van der Waals surface area (Å²) in [5, 5.41) is 9.42. The number of aromatic nitrogens is 3. The molecule has 4 rings (SSSR count). The molecule has 1 aliphatic rings. The first-order chi connectivity index (χ1) is 14.9. The highest BCUT2D eigenvalue weighted by Crippen LogP contribution is 2.36. The van der Waals surface area contributed by atoms with Gasteiger partial charge in [0.2, 0.25) is 10.0 Å². The second kappa shape index (κ2) is 8.94. The van der Waals surface area contributed by atoms with E-state index in [-0.39, 0.29) is 16.7 Å². The molecule has 2 heterocycles. The first-order valence-corrected chi connectivity index (χ1v) is 12.5. The van der Waals surface area contributed by atoms with Gasteiger partial charge in [0, 0.05) is 24.9 Å². The topological polar surface area (TPSA) is 85.2 Å². The molecular weight excluding hydrogens is 432 g/mol. The van der Waals surface area contributed by atoms with Crippen LogP contribution in [0.5, 0.6) is 0 Å². The van der Waals surface area contributed by atoms with Crippen molar-refractivity contribution in [3.05, 3.63) is 71.5 Å². The monoisotopic (exact) mass is 456 g/mol. The summed E-state index contributed by atoms with van der Waals surface area (Å²) in [6.07, 6.45) is 1.45. The maximum atomic E-state index is 13.3. The first-order valence-electron chi connectivity index (χ1n) is 10.1. The quantitative estimate of drug-likeness (QED) is 0.397. The van der Waals surface area contributed by atoms with Gasteiger partial charge in [-0.05, 0) is 37.5 Å². The average Bonchev–Trinajstić information content (AvgIpc) is 3.40. The highest BCUT2D eigenvalue weighted by atomic mass is 32.2. The van der Waals surface area contributed by atoms with Gasteiger partial charge >= 0.3 is 0 Å². The normalized spacial score (nSPS) is 17.2. The number of thioether (sulfide) groups is 1. The van der Waals surface area contributed by atoms with Gasteiger partial charge < -0.3 is 4.57 Å². The van der Waals surface area contributed by atoms with Gasteiger partial charge in [-0.25, -0.2) is 8.42 Å². The minimum Gasteiger partial charge on any atom is -0.308 e. The number of carbonyl (C=O) groups is 1. The van der Waals surface area contributed by atoms with Gasteiger partial charge in [-0.2, -0.15) is 4.31 Å². The lowest BCUT2D eigenvalue weighted by Crippen LogP contribution is -2.32. The van der Waals surface area contributed by atoms with Gasteiger partial charge in [-0.1, -0.05) is 54.2 Å². The lowest BCUT2D eigenvalue weighted by Gasteiger charge is -2.23. The summed E-state index contributed by atoms with van der Waals surface area (Å²) in [6, 6.07) is 15.9.